The molecule has 1 atom stereocenters. The Balaban J connectivity index is 1.83. The molecule has 0 unspecified atom stereocenters. The van der Waals surface area contributed by atoms with Gasteiger partial charge in [0.05, 0.1) is 17.7 Å². The standard InChI is InChI=1S/C15H16FN5O/c16-13-8-11(10-17)7-12(9-13)14-1-2-19-21(14)15(22)20-5-3-18-4-6-20/h2,7-9,14,18H,1,3-6H2/t14-/m0/s1. The minimum atomic E-state index is -0.476. The topological polar surface area (TPSA) is 71.7 Å². The van der Waals surface area contributed by atoms with Crippen LogP contribution in [0, 0.1) is 17.1 Å². The van der Waals surface area contributed by atoms with Crippen LogP contribution in [0.15, 0.2) is 23.3 Å². The van der Waals surface area contributed by atoms with Gasteiger partial charge >= 0.3 is 6.03 Å². The zero-order valence-corrected chi connectivity index (χ0v) is 12.0. The van der Waals surface area contributed by atoms with Gasteiger partial charge in [0.15, 0.2) is 0 Å². The van der Waals surface area contributed by atoms with Crippen LogP contribution in [-0.4, -0.2) is 48.3 Å². The molecule has 0 bridgehead atoms. The molecule has 1 fully saturated rings. The molecule has 0 aromatic heterocycles. The maximum atomic E-state index is 13.6. The van der Waals surface area contributed by atoms with Gasteiger partial charge in [-0.05, 0) is 23.8 Å². The van der Waals surface area contributed by atoms with Crippen LogP contribution in [0.5, 0.6) is 0 Å². The molecule has 1 aromatic rings. The van der Waals surface area contributed by atoms with Gasteiger partial charge in [0, 0.05) is 38.8 Å². The smallest absolute Gasteiger partial charge is 0.321 e. The van der Waals surface area contributed by atoms with Gasteiger partial charge in [0.25, 0.3) is 0 Å². The molecule has 1 N–H and O–H groups in total. The second kappa shape index (κ2) is 6.12. The SMILES string of the molecule is N#Cc1cc(F)cc([C@@H]2CC=NN2C(=O)N2CCNCC2)c1. The maximum Gasteiger partial charge on any atom is 0.341 e. The van der Waals surface area contributed by atoms with Crippen molar-refractivity contribution in [1.29, 1.82) is 5.26 Å². The van der Waals surface area contributed by atoms with Crippen LogP contribution in [0.2, 0.25) is 0 Å². The lowest BCUT2D eigenvalue weighted by Crippen LogP contribution is -2.50. The van der Waals surface area contributed by atoms with Crippen LogP contribution >= 0.6 is 0 Å². The number of benzene rings is 1. The molecule has 6 nitrogen and oxygen atoms in total. The lowest BCUT2D eigenvalue weighted by Gasteiger charge is -2.32. The molecule has 2 heterocycles. The summed E-state index contributed by atoms with van der Waals surface area (Å²) in [4.78, 5) is 14.3. The summed E-state index contributed by atoms with van der Waals surface area (Å²) in [6.07, 6.45) is 2.17. The van der Waals surface area contributed by atoms with Crippen molar-refractivity contribution in [1.82, 2.24) is 15.2 Å². The van der Waals surface area contributed by atoms with E-state index in [2.05, 4.69) is 10.4 Å². The average molecular weight is 301 g/mol. The number of urea groups is 1. The van der Waals surface area contributed by atoms with Crippen molar-refractivity contribution in [3.05, 3.63) is 35.1 Å². The molecule has 0 aliphatic carbocycles. The van der Waals surface area contributed by atoms with E-state index in [4.69, 9.17) is 5.26 Å². The monoisotopic (exact) mass is 301 g/mol. The van der Waals surface area contributed by atoms with Crippen molar-refractivity contribution in [2.24, 2.45) is 5.10 Å². The molecule has 1 aromatic carbocycles. The Kier molecular flexibility index (Phi) is 4.02. The molecule has 3 rings (SSSR count). The van der Waals surface area contributed by atoms with E-state index >= 15 is 0 Å². The van der Waals surface area contributed by atoms with E-state index in [-0.39, 0.29) is 17.6 Å². The van der Waals surface area contributed by atoms with Gasteiger partial charge in [-0.15, -0.1) is 0 Å². The van der Waals surface area contributed by atoms with E-state index in [1.54, 1.807) is 17.2 Å². The highest BCUT2D eigenvalue weighted by atomic mass is 19.1. The van der Waals surface area contributed by atoms with Crippen molar-refractivity contribution in [3.8, 4) is 6.07 Å². The number of halogens is 1. The van der Waals surface area contributed by atoms with Gasteiger partial charge in [0.2, 0.25) is 0 Å². The molecule has 2 aliphatic heterocycles. The minimum absolute atomic E-state index is 0.178. The van der Waals surface area contributed by atoms with Gasteiger partial charge in [-0.1, -0.05) is 0 Å². The van der Waals surface area contributed by atoms with E-state index in [0.717, 1.165) is 13.1 Å². The highest BCUT2D eigenvalue weighted by Gasteiger charge is 2.32. The van der Waals surface area contributed by atoms with E-state index in [1.807, 2.05) is 6.07 Å². The Morgan fingerprint density at radius 3 is 2.86 bits per heavy atom. The molecular weight excluding hydrogens is 285 g/mol. The Labute approximate surface area is 127 Å². The van der Waals surface area contributed by atoms with Crippen molar-refractivity contribution < 1.29 is 9.18 Å². The molecule has 22 heavy (non-hydrogen) atoms. The van der Waals surface area contributed by atoms with Crippen molar-refractivity contribution in [3.63, 3.8) is 0 Å². The molecule has 1 saturated heterocycles. The van der Waals surface area contributed by atoms with Crippen LogP contribution in [0.25, 0.3) is 0 Å². The maximum absolute atomic E-state index is 13.6. The molecule has 7 heteroatoms. The Hall–Kier alpha value is -2.46. The minimum Gasteiger partial charge on any atom is -0.321 e. The number of carbonyl (C=O) groups excluding carboxylic acids is 1. The molecule has 2 aliphatic rings. The number of nitriles is 1. The molecule has 0 spiro atoms. The fourth-order valence-corrected chi connectivity index (χ4v) is 2.75. The Morgan fingerprint density at radius 2 is 2.14 bits per heavy atom. The van der Waals surface area contributed by atoms with Gasteiger partial charge < -0.3 is 10.2 Å². The van der Waals surface area contributed by atoms with E-state index < -0.39 is 5.82 Å². The number of rotatable bonds is 1. The van der Waals surface area contributed by atoms with E-state index in [0.29, 0.717) is 25.1 Å². The van der Waals surface area contributed by atoms with Gasteiger partial charge in [-0.2, -0.15) is 10.4 Å². The third-order valence-electron chi connectivity index (χ3n) is 3.85. The van der Waals surface area contributed by atoms with E-state index in [9.17, 15) is 9.18 Å². The molecule has 114 valence electrons. The first kappa shape index (κ1) is 14.5. The van der Waals surface area contributed by atoms with Crippen molar-refractivity contribution in [2.75, 3.05) is 26.2 Å². The summed E-state index contributed by atoms with van der Waals surface area (Å²) in [7, 11) is 0. The summed E-state index contributed by atoms with van der Waals surface area (Å²) < 4.78 is 13.6. The third-order valence-corrected chi connectivity index (χ3v) is 3.85. The number of piperazine rings is 1. The fourth-order valence-electron chi connectivity index (χ4n) is 2.75. The molecule has 0 radical (unpaired) electrons. The van der Waals surface area contributed by atoms with Gasteiger partial charge in [-0.25, -0.2) is 14.2 Å². The first-order valence-corrected chi connectivity index (χ1v) is 7.21. The van der Waals surface area contributed by atoms with Crippen molar-refractivity contribution >= 4 is 12.2 Å². The Bertz CT molecular complexity index is 648. The van der Waals surface area contributed by atoms with Crippen LogP contribution in [0.3, 0.4) is 0 Å². The summed E-state index contributed by atoms with van der Waals surface area (Å²) in [6, 6.07) is 5.56. The predicted octanol–water partition coefficient (Wildman–Crippen LogP) is 1.46. The predicted molar refractivity (Wildman–Crippen MR) is 78.6 cm³/mol. The fraction of sp³-hybridized carbons (Fsp3) is 0.400. The van der Waals surface area contributed by atoms with Gasteiger partial charge in [0.1, 0.15) is 5.82 Å². The van der Waals surface area contributed by atoms with Crippen molar-refractivity contribution in [2.45, 2.75) is 12.5 Å². The third kappa shape index (κ3) is 2.78. The van der Waals surface area contributed by atoms with Crippen LogP contribution in [-0.2, 0) is 0 Å². The molecule has 0 saturated carbocycles. The average Bonchev–Trinajstić information content (AvgIpc) is 3.04. The number of hydrogen-bond donors (Lipinski definition) is 1. The highest BCUT2D eigenvalue weighted by molar-refractivity contribution is 5.78. The molecule has 2 amide bonds. The summed E-state index contributed by atoms with van der Waals surface area (Å²) in [5, 5.41) is 17.7. The molecular formula is C15H16FN5O. The quantitative estimate of drug-likeness (QED) is 0.853. The number of nitrogens with one attached hydrogen (secondary N) is 1. The van der Waals surface area contributed by atoms with Gasteiger partial charge in [-0.3, -0.25) is 0 Å². The second-order valence-electron chi connectivity index (χ2n) is 5.30. The largest absolute Gasteiger partial charge is 0.341 e. The normalized spacial score (nSPS) is 21.0. The number of hydrazone groups is 1. The zero-order valence-electron chi connectivity index (χ0n) is 12.0. The number of carbonyl (C=O) groups is 1. The zero-order chi connectivity index (χ0) is 15.5. The summed E-state index contributed by atoms with van der Waals surface area (Å²) in [6.45, 7) is 2.77. The first-order chi connectivity index (χ1) is 10.7. The lowest BCUT2D eigenvalue weighted by molar-refractivity contribution is 0.136. The highest BCUT2D eigenvalue weighted by Crippen LogP contribution is 2.30. The first-order valence-electron chi connectivity index (χ1n) is 7.21. The summed E-state index contributed by atoms with van der Waals surface area (Å²) in [5.74, 6) is -0.476. The van der Waals surface area contributed by atoms with Crippen LogP contribution in [0.1, 0.15) is 23.6 Å². The summed E-state index contributed by atoms with van der Waals surface area (Å²) in [5.41, 5.74) is 0.842. The van der Waals surface area contributed by atoms with Crippen LogP contribution in [0.4, 0.5) is 9.18 Å². The van der Waals surface area contributed by atoms with E-state index in [1.165, 1.54) is 17.1 Å². The Morgan fingerprint density at radius 1 is 1.36 bits per heavy atom. The summed E-state index contributed by atoms with van der Waals surface area (Å²) >= 11 is 0. The number of hydrogen-bond acceptors (Lipinski definition) is 4. The number of amides is 2. The second-order valence-corrected chi connectivity index (χ2v) is 5.30. The van der Waals surface area contributed by atoms with Crippen LogP contribution < -0.4 is 5.32 Å². The lowest BCUT2D eigenvalue weighted by atomic mass is 10.0. The number of nitrogens with zero attached hydrogens (tertiary/aromatic N) is 4.